The van der Waals surface area contributed by atoms with Gasteiger partial charge in [-0.05, 0) is 41.5 Å². The number of aromatic nitrogens is 1. The van der Waals surface area contributed by atoms with Gasteiger partial charge in [0.05, 0.1) is 6.42 Å². The molecule has 1 N–H and O–H groups in total. The number of nitrogens with zero attached hydrogens (tertiary/aromatic N) is 1. The molecule has 0 aliphatic heterocycles. The lowest BCUT2D eigenvalue weighted by Gasteiger charge is -2.16. The van der Waals surface area contributed by atoms with Crippen molar-refractivity contribution >= 4 is 50.9 Å². The number of nitrogens with one attached hydrogen (secondary N) is 1. The predicted octanol–water partition coefficient (Wildman–Crippen LogP) is 4.53. The summed E-state index contributed by atoms with van der Waals surface area (Å²) in [6, 6.07) is 8.30. The van der Waals surface area contributed by atoms with E-state index < -0.39 is 0 Å². The van der Waals surface area contributed by atoms with E-state index in [0.717, 1.165) is 14.5 Å². The predicted molar refractivity (Wildman–Crippen MR) is 96.2 cm³/mol. The zero-order valence-electron chi connectivity index (χ0n) is 12.4. The number of thiophene rings is 1. The van der Waals surface area contributed by atoms with Crippen LogP contribution >= 0.6 is 34.9 Å². The van der Waals surface area contributed by atoms with Gasteiger partial charge in [-0.3, -0.25) is 4.79 Å². The molecule has 0 radical (unpaired) electrons. The zero-order valence-corrected chi connectivity index (χ0v) is 14.8. The number of aromatic amines is 1. The van der Waals surface area contributed by atoms with E-state index in [-0.39, 0.29) is 5.91 Å². The maximum Gasteiger partial charge on any atom is 0.227 e. The number of carbonyl (C=O) groups excluding carboxylic acids is 1. The van der Waals surface area contributed by atoms with Crippen LogP contribution in [0.1, 0.15) is 16.1 Å². The molecule has 3 nitrogen and oxygen atoms in total. The summed E-state index contributed by atoms with van der Waals surface area (Å²) in [5, 5.41) is 3.38. The van der Waals surface area contributed by atoms with E-state index in [4.69, 9.17) is 12.2 Å². The highest BCUT2D eigenvalue weighted by molar-refractivity contribution is 7.73. The molecule has 2 aromatic heterocycles. The first kappa shape index (κ1) is 15.4. The van der Waals surface area contributed by atoms with Gasteiger partial charge in [-0.1, -0.05) is 18.2 Å². The van der Waals surface area contributed by atoms with E-state index in [0.29, 0.717) is 13.0 Å². The average molecular weight is 349 g/mol. The Morgan fingerprint density at radius 2 is 2.14 bits per heavy atom. The lowest BCUT2D eigenvalue weighted by molar-refractivity contribution is -0.129. The first-order valence-electron chi connectivity index (χ1n) is 6.92. The first-order valence-corrected chi connectivity index (χ1v) is 9.02. The second-order valence-corrected chi connectivity index (χ2v) is 7.93. The molecule has 0 aliphatic carbocycles. The molecule has 6 heteroatoms. The van der Waals surface area contributed by atoms with Crippen molar-refractivity contribution in [1.82, 2.24) is 9.88 Å². The first-order chi connectivity index (χ1) is 10.5. The van der Waals surface area contributed by atoms with Crippen LogP contribution in [0, 0.1) is 10.9 Å². The molecule has 0 saturated heterocycles. The van der Waals surface area contributed by atoms with Crippen molar-refractivity contribution in [3.05, 3.63) is 49.7 Å². The molecule has 0 unspecified atom stereocenters. The summed E-state index contributed by atoms with van der Waals surface area (Å²) in [4.78, 5) is 18.3. The van der Waals surface area contributed by atoms with Crippen LogP contribution in [0.2, 0.25) is 0 Å². The summed E-state index contributed by atoms with van der Waals surface area (Å²) in [6.45, 7) is 2.60. The van der Waals surface area contributed by atoms with Gasteiger partial charge >= 0.3 is 0 Å². The third-order valence-electron chi connectivity index (χ3n) is 3.63. The fraction of sp³-hybridized carbons (Fsp3) is 0.250. The minimum atomic E-state index is 0.114. The number of thiazole rings is 1. The fourth-order valence-electron chi connectivity index (χ4n) is 2.38. The van der Waals surface area contributed by atoms with Crippen molar-refractivity contribution < 1.29 is 4.79 Å². The number of benzene rings is 1. The van der Waals surface area contributed by atoms with Crippen LogP contribution in [0.3, 0.4) is 0 Å². The number of carbonyl (C=O) groups is 1. The molecule has 3 rings (SSSR count). The Balaban J connectivity index is 1.74. The standard InChI is InChI=1S/C16H16N2OS3/c1-10-14(22-16(20)17-10)7-15(19)18(2)8-11-9-21-13-6-4-3-5-12(11)13/h3-6,9H,7-8H2,1-2H3,(H,17,20). The average Bonchev–Trinajstić information content (AvgIpc) is 3.03. The molecule has 0 fully saturated rings. The van der Waals surface area contributed by atoms with Crippen molar-refractivity contribution in [2.45, 2.75) is 19.9 Å². The Morgan fingerprint density at radius 1 is 1.36 bits per heavy atom. The van der Waals surface area contributed by atoms with Crippen molar-refractivity contribution in [3.63, 3.8) is 0 Å². The van der Waals surface area contributed by atoms with Gasteiger partial charge in [0.2, 0.25) is 5.91 Å². The van der Waals surface area contributed by atoms with Gasteiger partial charge in [-0.25, -0.2) is 0 Å². The van der Waals surface area contributed by atoms with Gasteiger partial charge in [-0.2, -0.15) is 0 Å². The van der Waals surface area contributed by atoms with Gasteiger partial charge in [0.25, 0.3) is 0 Å². The van der Waals surface area contributed by atoms with Crippen molar-refractivity contribution in [3.8, 4) is 0 Å². The summed E-state index contributed by atoms with van der Waals surface area (Å²) in [5.41, 5.74) is 2.20. The summed E-state index contributed by atoms with van der Waals surface area (Å²) in [6.07, 6.45) is 0.405. The van der Waals surface area contributed by atoms with Gasteiger partial charge in [0.1, 0.15) is 0 Å². The second-order valence-electron chi connectivity index (χ2n) is 5.25. The molecule has 0 bridgehead atoms. The second kappa shape index (κ2) is 6.32. The highest BCUT2D eigenvalue weighted by Crippen LogP contribution is 2.26. The minimum Gasteiger partial charge on any atom is -0.341 e. The van der Waals surface area contributed by atoms with Crippen LogP contribution < -0.4 is 0 Å². The number of H-pyrrole nitrogens is 1. The van der Waals surface area contributed by atoms with E-state index >= 15 is 0 Å². The fourth-order valence-corrected chi connectivity index (χ4v) is 4.61. The number of hydrogen-bond acceptors (Lipinski definition) is 4. The molecule has 0 atom stereocenters. The number of aryl methyl sites for hydroxylation is 1. The number of rotatable bonds is 4. The molecular weight excluding hydrogens is 332 g/mol. The largest absolute Gasteiger partial charge is 0.341 e. The highest BCUT2D eigenvalue weighted by atomic mass is 32.1. The molecule has 114 valence electrons. The maximum absolute atomic E-state index is 12.4. The molecule has 1 aromatic carbocycles. The van der Waals surface area contributed by atoms with Crippen molar-refractivity contribution in [1.29, 1.82) is 0 Å². The number of amides is 1. The number of hydrogen-bond donors (Lipinski definition) is 1. The van der Waals surface area contributed by atoms with Gasteiger partial charge in [0.15, 0.2) is 3.95 Å². The molecule has 0 spiro atoms. The third-order valence-corrected chi connectivity index (χ3v) is 5.98. The monoisotopic (exact) mass is 348 g/mol. The van der Waals surface area contributed by atoms with E-state index in [2.05, 4.69) is 22.5 Å². The van der Waals surface area contributed by atoms with Crippen LogP contribution in [0.4, 0.5) is 0 Å². The highest BCUT2D eigenvalue weighted by Gasteiger charge is 2.15. The Bertz CT molecular complexity index is 875. The van der Waals surface area contributed by atoms with Gasteiger partial charge in [0, 0.05) is 28.9 Å². The Hall–Kier alpha value is -1.50. The topological polar surface area (TPSA) is 36.1 Å². The van der Waals surface area contributed by atoms with Crippen LogP contribution in [0.25, 0.3) is 10.1 Å². The number of fused-ring (bicyclic) bond motifs is 1. The van der Waals surface area contributed by atoms with Gasteiger partial charge in [-0.15, -0.1) is 22.7 Å². The van der Waals surface area contributed by atoms with Crippen molar-refractivity contribution in [2.75, 3.05) is 7.05 Å². The summed E-state index contributed by atoms with van der Waals surface area (Å²) >= 11 is 8.33. The smallest absolute Gasteiger partial charge is 0.227 e. The Kier molecular flexibility index (Phi) is 4.42. The molecule has 3 aromatic rings. The molecule has 0 aliphatic rings. The summed E-state index contributed by atoms with van der Waals surface area (Å²) < 4.78 is 1.99. The van der Waals surface area contributed by atoms with Gasteiger partial charge < -0.3 is 9.88 Å². The maximum atomic E-state index is 12.4. The zero-order chi connectivity index (χ0) is 15.7. The molecule has 1 amide bonds. The SMILES string of the molecule is Cc1[nH]c(=S)sc1CC(=O)N(C)Cc1csc2ccccc12. The van der Waals surface area contributed by atoms with Crippen LogP contribution in [-0.4, -0.2) is 22.8 Å². The summed E-state index contributed by atoms with van der Waals surface area (Å²) in [7, 11) is 1.86. The lowest BCUT2D eigenvalue weighted by Crippen LogP contribution is -2.27. The van der Waals surface area contributed by atoms with Crippen LogP contribution in [-0.2, 0) is 17.8 Å². The lowest BCUT2D eigenvalue weighted by atomic mass is 10.1. The molecule has 2 heterocycles. The third kappa shape index (κ3) is 3.14. The van der Waals surface area contributed by atoms with E-state index in [1.165, 1.54) is 27.0 Å². The number of likely N-dealkylation sites (N-methyl/N-ethyl adjacent to an activating group) is 1. The van der Waals surface area contributed by atoms with Crippen LogP contribution in [0.15, 0.2) is 29.6 Å². The van der Waals surface area contributed by atoms with Crippen molar-refractivity contribution in [2.24, 2.45) is 0 Å². The Labute approximate surface area is 142 Å². The Morgan fingerprint density at radius 3 is 2.86 bits per heavy atom. The van der Waals surface area contributed by atoms with E-state index in [1.807, 2.05) is 26.1 Å². The van der Waals surface area contributed by atoms with Crippen LogP contribution in [0.5, 0.6) is 0 Å². The minimum absolute atomic E-state index is 0.114. The molecule has 22 heavy (non-hydrogen) atoms. The van der Waals surface area contributed by atoms with E-state index in [1.54, 1.807) is 16.2 Å². The molecular formula is C16H16N2OS3. The normalized spacial score (nSPS) is 11.0. The summed E-state index contributed by atoms with van der Waals surface area (Å²) in [5.74, 6) is 0.114. The quantitative estimate of drug-likeness (QED) is 0.703. The van der Waals surface area contributed by atoms with E-state index in [9.17, 15) is 4.79 Å². The molecule has 0 saturated carbocycles.